The number of aryl methyl sites for hydroxylation is 1. The minimum absolute atomic E-state index is 0.502. The SMILES string of the molecule is Cc1cccc(-c2nn(-c3ccccc3)cc2/C=C(\C#N)c2ccccn2)c1. The molecule has 0 radical (unpaired) electrons. The summed E-state index contributed by atoms with van der Waals surface area (Å²) in [6.45, 7) is 2.06. The van der Waals surface area contributed by atoms with Crippen molar-refractivity contribution in [1.82, 2.24) is 14.8 Å². The van der Waals surface area contributed by atoms with Gasteiger partial charge in [-0.2, -0.15) is 10.4 Å². The maximum atomic E-state index is 9.68. The highest BCUT2D eigenvalue weighted by atomic mass is 15.3. The van der Waals surface area contributed by atoms with Gasteiger partial charge in [0.1, 0.15) is 11.8 Å². The second kappa shape index (κ2) is 7.73. The van der Waals surface area contributed by atoms with Crippen LogP contribution in [0.4, 0.5) is 0 Å². The van der Waals surface area contributed by atoms with Crippen LogP contribution in [0.15, 0.2) is 85.2 Å². The molecule has 0 aliphatic carbocycles. The van der Waals surface area contributed by atoms with Crippen molar-refractivity contribution < 1.29 is 0 Å². The predicted octanol–water partition coefficient (Wildman–Crippen LogP) is 5.31. The first-order valence-electron chi connectivity index (χ1n) is 9.00. The molecule has 0 amide bonds. The van der Waals surface area contributed by atoms with Crippen LogP contribution in [0.5, 0.6) is 0 Å². The van der Waals surface area contributed by atoms with E-state index >= 15 is 0 Å². The number of allylic oxidation sites excluding steroid dienone is 1. The molecule has 0 saturated heterocycles. The molecule has 28 heavy (non-hydrogen) atoms. The van der Waals surface area contributed by atoms with E-state index in [0.29, 0.717) is 11.3 Å². The maximum absolute atomic E-state index is 9.68. The van der Waals surface area contributed by atoms with Gasteiger partial charge in [-0.3, -0.25) is 4.98 Å². The van der Waals surface area contributed by atoms with Crippen LogP contribution in [0.25, 0.3) is 28.6 Å². The summed E-state index contributed by atoms with van der Waals surface area (Å²) in [7, 11) is 0. The first kappa shape index (κ1) is 17.4. The third kappa shape index (κ3) is 3.60. The van der Waals surface area contributed by atoms with E-state index in [1.54, 1.807) is 6.20 Å². The largest absolute Gasteiger partial charge is 0.256 e. The highest BCUT2D eigenvalue weighted by Gasteiger charge is 2.13. The fourth-order valence-electron chi connectivity index (χ4n) is 3.06. The molecule has 0 atom stereocenters. The van der Waals surface area contributed by atoms with Gasteiger partial charge in [0.15, 0.2) is 0 Å². The van der Waals surface area contributed by atoms with Gasteiger partial charge < -0.3 is 0 Å². The van der Waals surface area contributed by atoms with Gasteiger partial charge in [0.2, 0.25) is 0 Å². The Kier molecular flexibility index (Phi) is 4.81. The molecule has 4 aromatic rings. The lowest BCUT2D eigenvalue weighted by molar-refractivity contribution is 0.884. The van der Waals surface area contributed by atoms with Gasteiger partial charge in [-0.1, -0.05) is 48.0 Å². The molecule has 2 aromatic carbocycles. The Morgan fingerprint density at radius 1 is 1.00 bits per heavy atom. The molecule has 4 heteroatoms. The van der Waals surface area contributed by atoms with E-state index in [1.165, 1.54) is 0 Å². The van der Waals surface area contributed by atoms with Crippen molar-refractivity contribution in [2.75, 3.05) is 0 Å². The number of nitrogens with zero attached hydrogens (tertiary/aromatic N) is 4. The maximum Gasteiger partial charge on any atom is 0.101 e. The Morgan fingerprint density at radius 2 is 1.82 bits per heavy atom. The third-order valence-corrected chi connectivity index (χ3v) is 4.42. The van der Waals surface area contributed by atoms with Crippen molar-refractivity contribution >= 4 is 11.6 Å². The Bertz CT molecular complexity index is 1170. The lowest BCUT2D eigenvalue weighted by Crippen LogP contribution is -1.94. The Morgan fingerprint density at radius 3 is 2.54 bits per heavy atom. The zero-order chi connectivity index (χ0) is 19.3. The molecule has 0 spiro atoms. The number of benzene rings is 2. The molecule has 0 N–H and O–H groups in total. The molecule has 2 heterocycles. The molecule has 4 rings (SSSR count). The van der Waals surface area contributed by atoms with E-state index in [-0.39, 0.29) is 0 Å². The second-order valence-electron chi connectivity index (χ2n) is 6.47. The highest BCUT2D eigenvalue weighted by Crippen LogP contribution is 2.28. The first-order chi connectivity index (χ1) is 13.7. The molecule has 0 saturated carbocycles. The number of hydrogen-bond donors (Lipinski definition) is 0. The summed E-state index contributed by atoms with van der Waals surface area (Å²) in [4.78, 5) is 4.31. The average molecular weight is 362 g/mol. The molecule has 2 aromatic heterocycles. The van der Waals surface area contributed by atoms with Crippen molar-refractivity contribution in [3.63, 3.8) is 0 Å². The number of nitriles is 1. The Labute approximate surface area is 164 Å². The van der Waals surface area contributed by atoms with Crippen LogP contribution < -0.4 is 0 Å². The van der Waals surface area contributed by atoms with Crippen molar-refractivity contribution in [2.24, 2.45) is 0 Å². The summed E-state index contributed by atoms with van der Waals surface area (Å²) >= 11 is 0. The van der Waals surface area contributed by atoms with Crippen LogP contribution in [0.1, 0.15) is 16.8 Å². The van der Waals surface area contributed by atoms with Crippen LogP contribution in [-0.2, 0) is 0 Å². The molecule has 0 fully saturated rings. The van der Waals surface area contributed by atoms with Crippen molar-refractivity contribution in [2.45, 2.75) is 6.92 Å². The van der Waals surface area contributed by atoms with Gasteiger partial charge >= 0.3 is 0 Å². The van der Waals surface area contributed by atoms with Gasteiger partial charge in [0.05, 0.1) is 17.0 Å². The van der Waals surface area contributed by atoms with Crippen molar-refractivity contribution in [3.8, 4) is 23.0 Å². The molecule has 134 valence electrons. The predicted molar refractivity (Wildman–Crippen MR) is 111 cm³/mol. The number of rotatable bonds is 4. The number of hydrogen-bond acceptors (Lipinski definition) is 3. The van der Waals surface area contributed by atoms with Crippen LogP contribution in [0.2, 0.25) is 0 Å². The Hall–Kier alpha value is -3.97. The van der Waals surface area contributed by atoms with Gasteiger partial charge in [-0.25, -0.2) is 4.68 Å². The topological polar surface area (TPSA) is 54.5 Å². The van der Waals surface area contributed by atoms with Crippen LogP contribution >= 0.6 is 0 Å². The van der Waals surface area contributed by atoms with E-state index in [9.17, 15) is 5.26 Å². The number of para-hydroxylation sites is 1. The first-order valence-corrected chi connectivity index (χ1v) is 9.00. The van der Waals surface area contributed by atoms with E-state index in [2.05, 4.69) is 30.1 Å². The van der Waals surface area contributed by atoms with Gasteiger partial charge in [-0.05, 0) is 43.3 Å². The third-order valence-electron chi connectivity index (χ3n) is 4.42. The minimum atomic E-state index is 0.502. The molecule has 4 nitrogen and oxygen atoms in total. The molecular weight excluding hydrogens is 344 g/mol. The van der Waals surface area contributed by atoms with Crippen molar-refractivity contribution in [1.29, 1.82) is 5.26 Å². The monoisotopic (exact) mass is 362 g/mol. The van der Waals surface area contributed by atoms with E-state index in [4.69, 9.17) is 5.10 Å². The lowest BCUT2D eigenvalue weighted by atomic mass is 10.0. The summed E-state index contributed by atoms with van der Waals surface area (Å²) in [6.07, 6.45) is 5.50. The van der Waals surface area contributed by atoms with E-state index in [1.807, 2.05) is 77.6 Å². The molecule has 0 aliphatic rings. The number of aromatic nitrogens is 3. The standard InChI is InChI=1S/C24H18N4/c1-18-8-7-9-19(14-18)24-21(15-20(16-25)23-12-5-6-13-26-23)17-28(27-24)22-10-3-2-4-11-22/h2-15,17H,1H3/b20-15+. The zero-order valence-electron chi connectivity index (χ0n) is 15.4. The van der Waals surface area contributed by atoms with Crippen LogP contribution in [-0.4, -0.2) is 14.8 Å². The van der Waals surface area contributed by atoms with Crippen LogP contribution in [0.3, 0.4) is 0 Å². The minimum Gasteiger partial charge on any atom is -0.256 e. The number of pyridine rings is 1. The normalized spacial score (nSPS) is 11.2. The van der Waals surface area contributed by atoms with Gasteiger partial charge in [0.25, 0.3) is 0 Å². The van der Waals surface area contributed by atoms with E-state index in [0.717, 1.165) is 28.1 Å². The fourth-order valence-corrected chi connectivity index (χ4v) is 3.06. The lowest BCUT2D eigenvalue weighted by Gasteiger charge is -2.02. The smallest absolute Gasteiger partial charge is 0.101 e. The van der Waals surface area contributed by atoms with Crippen molar-refractivity contribution in [3.05, 3.63) is 102 Å². The molecule has 0 bridgehead atoms. The molecule has 0 unspecified atom stereocenters. The highest BCUT2D eigenvalue weighted by molar-refractivity contribution is 5.91. The second-order valence-corrected chi connectivity index (χ2v) is 6.47. The molecule has 0 aliphatic heterocycles. The van der Waals surface area contributed by atoms with E-state index < -0.39 is 0 Å². The van der Waals surface area contributed by atoms with Gasteiger partial charge in [0, 0.05) is 23.5 Å². The van der Waals surface area contributed by atoms with Crippen LogP contribution in [0, 0.1) is 18.3 Å². The summed E-state index contributed by atoms with van der Waals surface area (Å²) in [6, 6.07) is 26.0. The average Bonchev–Trinajstić information content (AvgIpc) is 3.17. The summed E-state index contributed by atoms with van der Waals surface area (Å²) in [5.74, 6) is 0. The zero-order valence-corrected chi connectivity index (χ0v) is 15.4. The quantitative estimate of drug-likeness (QED) is 0.463. The Balaban J connectivity index is 1.89. The summed E-state index contributed by atoms with van der Waals surface area (Å²) in [5, 5.41) is 14.5. The van der Waals surface area contributed by atoms with Gasteiger partial charge in [-0.15, -0.1) is 0 Å². The fraction of sp³-hybridized carbons (Fsp3) is 0.0417. The molecular formula is C24H18N4. The summed E-state index contributed by atoms with van der Waals surface area (Å²) < 4.78 is 1.84. The summed E-state index contributed by atoms with van der Waals surface area (Å²) in [5.41, 5.74) is 5.99.